The maximum atomic E-state index is 13.0. The average Bonchev–Trinajstić information content (AvgIpc) is 2.79. The van der Waals surface area contributed by atoms with Gasteiger partial charge in [0.1, 0.15) is 11.7 Å². The van der Waals surface area contributed by atoms with Crippen molar-refractivity contribution in [2.45, 2.75) is 49.7 Å². The molecule has 2 bridgehead atoms. The van der Waals surface area contributed by atoms with Crippen LogP contribution in [0.2, 0.25) is 0 Å². The summed E-state index contributed by atoms with van der Waals surface area (Å²) < 4.78 is 6.10. The first-order valence-corrected chi connectivity index (χ1v) is 8.51. The molecule has 0 radical (unpaired) electrons. The lowest BCUT2D eigenvalue weighted by Gasteiger charge is -2.62. The molecule has 3 aliphatic carbocycles. The molecule has 3 unspecified atom stereocenters. The zero-order chi connectivity index (χ0) is 16.2. The molecule has 5 aliphatic rings. The van der Waals surface area contributed by atoms with E-state index in [2.05, 4.69) is 0 Å². The van der Waals surface area contributed by atoms with Gasteiger partial charge in [-0.2, -0.15) is 0 Å². The normalized spacial score (nSPS) is 56.8. The Balaban J connectivity index is 0.00000146. The number of piperidine rings is 1. The molecule has 0 aromatic rings. The Hall–Kier alpha value is -1.02. The lowest BCUT2D eigenvalue weighted by Crippen LogP contribution is -2.67. The molecule has 24 heavy (non-hydrogen) atoms. The lowest BCUT2D eigenvalue weighted by molar-refractivity contribution is -0.899. The van der Waals surface area contributed by atoms with Crippen molar-refractivity contribution in [1.29, 1.82) is 0 Å². The minimum absolute atomic E-state index is 0. The Morgan fingerprint density at radius 1 is 1.29 bits per heavy atom. The van der Waals surface area contributed by atoms with Crippen LogP contribution in [0.3, 0.4) is 0 Å². The van der Waals surface area contributed by atoms with Gasteiger partial charge in [-0.1, -0.05) is 24.3 Å². The van der Waals surface area contributed by atoms with E-state index in [4.69, 9.17) is 4.74 Å². The molecule has 0 aromatic carbocycles. The Bertz CT molecular complexity index is 683. The fraction of sp³-hybridized carbons (Fsp3) is 0.667. The van der Waals surface area contributed by atoms with Crippen molar-refractivity contribution in [2.75, 3.05) is 13.6 Å². The highest BCUT2D eigenvalue weighted by atomic mass is 16.6. The highest BCUT2D eigenvalue weighted by Gasteiger charge is 2.71. The van der Waals surface area contributed by atoms with Gasteiger partial charge in [0.2, 0.25) is 0 Å². The van der Waals surface area contributed by atoms with Crippen molar-refractivity contribution in [3.05, 3.63) is 40.7 Å². The summed E-state index contributed by atoms with van der Waals surface area (Å²) in [6, 6.07) is -0.0420. The molecule has 0 saturated carbocycles. The van der Waals surface area contributed by atoms with Crippen molar-refractivity contribution in [3.8, 4) is 0 Å². The number of ether oxygens (including phenoxy) is 1. The first-order chi connectivity index (χ1) is 10.8. The van der Waals surface area contributed by atoms with Gasteiger partial charge < -0.3 is 30.3 Å². The Labute approximate surface area is 141 Å². The van der Waals surface area contributed by atoms with Crippen LogP contribution >= 0.6 is 0 Å². The molecule has 2 saturated heterocycles. The number of nitrogens with zero attached hydrogens (tertiary/aromatic N) is 1. The van der Waals surface area contributed by atoms with Gasteiger partial charge in [-0.3, -0.25) is 0 Å². The van der Waals surface area contributed by atoms with Crippen LogP contribution in [0.1, 0.15) is 19.8 Å². The molecule has 0 aromatic heterocycles. The predicted molar refractivity (Wildman–Crippen MR) is 87.6 cm³/mol. The number of aliphatic hydroxyl groups excluding tert-OH is 2. The zero-order valence-corrected chi connectivity index (χ0v) is 14.0. The lowest BCUT2D eigenvalue weighted by atomic mass is 9.50. The second kappa shape index (κ2) is 4.58. The van der Waals surface area contributed by atoms with Gasteiger partial charge in [0.15, 0.2) is 0 Å². The summed E-state index contributed by atoms with van der Waals surface area (Å²) in [6.45, 7) is 2.47. The third kappa shape index (κ3) is 1.57. The Kier molecular flexibility index (Phi) is 3.14. The van der Waals surface area contributed by atoms with Crippen LogP contribution in [-0.4, -0.2) is 63.9 Å². The molecule has 2 heterocycles. The number of hydrogen-bond acceptors (Lipinski definition) is 4. The summed E-state index contributed by atoms with van der Waals surface area (Å²) in [5.41, 5.74) is 1.17. The van der Waals surface area contributed by atoms with Crippen LogP contribution in [0.25, 0.3) is 0 Å². The number of hydrogen-bond donors (Lipinski definition) is 2. The Morgan fingerprint density at radius 2 is 2.04 bits per heavy atom. The van der Waals surface area contributed by atoms with Crippen molar-refractivity contribution in [3.63, 3.8) is 0 Å². The summed E-state index contributed by atoms with van der Waals surface area (Å²) in [6.07, 6.45) is 7.25. The highest BCUT2D eigenvalue weighted by Crippen LogP contribution is 2.67. The number of aliphatic hydroxyl groups is 2. The summed E-state index contributed by atoms with van der Waals surface area (Å²) in [4.78, 5) is 0. The van der Waals surface area contributed by atoms with Gasteiger partial charge in [-0.25, -0.2) is 0 Å². The number of allylic oxidation sites excluding steroid dienone is 1. The van der Waals surface area contributed by atoms with Gasteiger partial charge in [0, 0.05) is 24.2 Å². The summed E-state index contributed by atoms with van der Waals surface area (Å²) >= 11 is 0. The van der Waals surface area contributed by atoms with E-state index in [0.29, 0.717) is 13.0 Å². The second-order valence-electron chi connectivity index (χ2n) is 8.21. The summed E-state index contributed by atoms with van der Waals surface area (Å²) in [7, 11) is 1.77. The molecule has 5 rings (SSSR count). The molecular formula is C18H25NO5. The topological polar surface area (TPSA) is 104 Å². The molecule has 6 heteroatoms. The molecular weight excluding hydrogens is 310 g/mol. The van der Waals surface area contributed by atoms with Gasteiger partial charge in [-0.05, 0) is 18.1 Å². The van der Waals surface area contributed by atoms with E-state index in [-0.39, 0.29) is 33.6 Å². The van der Waals surface area contributed by atoms with E-state index in [1.165, 1.54) is 0 Å². The highest BCUT2D eigenvalue weighted by molar-refractivity contribution is 5.52. The molecule has 2 fully saturated rings. The standard InChI is InChI=1S/C18H23NO4.H2O/c1-17-14(21)6-3-10-9-12-11-4-5-13(20)16(23-17)18(11,15(10)17)7-8-19(12,2)22;/h3-6,11-14,16,20-21H,7-9H2,1-2H3;1H2/t11-,12+,13-,14?,16-,17?,18-,19?;/m0./s1. The fourth-order valence-corrected chi connectivity index (χ4v) is 6.11. The first-order valence-electron chi connectivity index (χ1n) is 8.51. The quantitative estimate of drug-likeness (QED) is 0.375. The van der Waals surface area contributed by atoms with Crippen LogP contribution in [0, 0.1) is 16.5 Å². The van der Waals surface area contributed by atoms with Crippen LogP contribution in [-0.2, 0) is 4.74 Å². The third-order valence-electron chi connectivity index (χ3n) is 7.14. The van der Waals surface area contributed by atoms with Gasteiger partial charge in [0.25, 0.3) is 0 Å². The summed E-state index contributed by atoms with van der Waals surface area (Å²) in [5.74, 6) is 0.0754. The van der Waals surface area contributed by atoms with Crippen LogP contribution in [0.4, 0.5) is 0 Å². The molecule has 2 aliphatic heterocycles. The van der Waals surface area contributed by atoms with Gasteiger partial charge >= 0.3 is 0 Å². The minimum atomic E-state index is -0.783. The minimum Gasteiger partial charge on any atom is -0.633 e. The SMILES string of the molecule is CC12O[C@H]3[C@@H](O)C=C[C@H]4[C@H]5CC(=C1[C@]43CC[N+]5(C)[O-])C=CC2O.O. The van der Waals surface area contributed by atoms with Crippen molar-refractivity contribution >= 4 is 0 Å². The maximum Gasteiger partial charge on any atom is 0.117 e. The molecule has 132 valence electrons. The molecule has 6 nitrogen and oxygen atoms in total. The molecule has 8 atom stereocenters. The number of likely N-dealkylation sites (tertiary alicyclic amines) is 1. The number of hydroxylamine groups is 3. The predicted octanol–water partition coefficient (Wildman–Crippen LogP) is 0.200. The maximum absolute atomic E-state index is 13.0. The van der Waals surface area contributed by atoms with E-state index in [0.717, 1.165) is 17.6 Å². The van der Waals surface area contributed by atoms with E-state index in [9.17, 15) is 15.4 Å². The number of rotatable bonds is 0. The summed E-state index contributed by atoms with van der Waals surface area (Å²) in [5, 5.41) is 34.2. The van der Waals surface area contributed by atoms with Crippen molar-refractivity contribution < 1.29 is 25.1 Å². The molecule has 0 amide bonds. The van der Waals surface area contributed by atoms with Crippen LogP contribution in [0.5, 0.6) is 0 Å². The fourth-order valence-electron chi connectivity index (χ4n) is 6.11. The Morgan fingerprint density at radius 3 is 2.79 bits per heavy atom. The van der Waals surface area contributed by atoms with Crippen molar-refractivity contribution in [1.82, 2.24) is 0 Å². The monoisotopic (exact) mass is 335 g/mol. The zero-order valence-electron chi connectivity index (χ0n) is 14.0. The van der Waals surface area contributed by atoms with Crippen LogP contribution in [0.15, 0.2) is 35.5 Å². The smallest absolute Gasteiger partial charge is 0.117 e. The van der Waals surface area contributed by atoms with Gasteiger partial charge in [-0.15, -0.1) is 0 Å². The average molecular weight is 335 g/mol. The van der Waals surface area contributed by atoms with Crippen molar-refractivity contribution in [2.24, 2.45) is 11.3 Å². The van der Waals surface area contributed by atoms with Crippen LogP contribution < -0.4 is 0 Å². The largest absolute Gasteiger partial charge is 0.633 e. The second-order valence-corrected chi connectivity index (χ2v) is 8.21. The first kappa shape index (κ1) is 16.4. The molecule has 4 N–H and O–H groups in total. The van der Waals surface area contributed by atoms with E-state index in [1.807, 2.05) is 19.1 Å². The van der Waals surface area contributed by atoms with E-state index in [1.54, 1.807) is 19.2 Å². The van der Waals surface area contributed by atoms with E-state index < -0.39 is 17.8 Å². The molecule has 1 spiro atoms. The van der Waals surface area contributed by atoms with Gasteiger partial charge in [0.05, 0.1) is 31.8 Å². The number of quaternary nitrogens is 1. The van der Waals surface area contributed by atoms with E-state index >= 15 is 0 Å². The third-order valence-corrected chi connectivity index (χ3v) is 7.14.